The van der Waals surface area contributed by atoms with Gasteiger partial charge >= 0.3 is 5.97 Å². The van der Waals surface area contributed by atoms with Crippen LogP contribution in [0.3, 0.4) is 0 Å². The van der Waals surface area contributed by atoms with Crippen LogP contribution in [-0.4, -0.2) is 45.5 Å². The molecule has 154 valence electrons. The van der Waals surface area contributed by atoms with Crippen molar-refractivity contribution in [2.75, 3.05) is 27.9 Å². The highest BCUT2D eigenvalue weighted by Gasteiger charge is 2.37. The number of carbonyl (C=O) groups is 3. The van der Waals surface area contributed by atoms with Gasteiger partial charge in [-0.25, -0.2) is 4.79 Å². The topological polar surface area (TPSA) is 88.1 Å². The van der Waals surface area contributed by atoms with Gasteiger partial charge in [-0.05, 0) is 31.9 Å². The highest BCUT2D eigenvalue weighted by atomic mass is 32.1. The molecule has 0 bridgehead atoms. The van der Waals surface area contributed by atoms with Gasteiger partial charge in [0, 0.05) is 10.6 Å². The van der Waals surface area contributed by atoms with Crippen molar-refractivity contribution in [2.24, 2.45) is 5.92 Å². The van der Waals surface area contributed by atoms with Gasteiger partial charge in [0.2, 0.25) is 5.78 Å². The minimum atomic E-state index is -0.564. The number of ketones is 2. The van der Waals surface area contributed by atoms with Gasteiger partial charge in [0.25, 0.3) is 0 Å². The van der Waals surface area contributed by atoms with Crippen molar-refractivity contribution in [2.45, 2.75) is 19.8 Å². The lowest BCUT2D eigenvalue weighted by atomic mass is 10.0. The maximum absolute atomic E-state index is 13.3. The molecule has 0 saturated heterocycles. The first-order chi connectivity index (χ1) is 14.0. The zero-order valence-corrected chi connectivity index (χ0v) is 17.5. The molecule has 0 spiro atoms. The summed E-state index contributed by atoms with van der Waals surface area (Å²) in [7, 11) is 4.13. The number of Topliss-reactive ketones (excluding diaryl/α,β-unsaturated/α-hetero) is 2. The van der Waals surface area contributed by atoms with Crippen molar-refractivity contribution in [3.05, 3.63) is 34.4 Å². The summed E-state index contributed by atoms with van der Waals surface area (Å²) in [5, 5.41) is 0.487. The SMILES string of the molecule is CCO/C=C(\C(=O)c1sc2ccc(C(=O)OC)c(OC)c2c1OC)C(=O)C1CC1. The number of ether oxygens (including phenoxy) is 4. The van der Waals surface area contributed by atoms with Gasteiger partial charge in [-0.15, -0.1) is 11.3 Å². The Hall–Kier alpha value is -2.87. The summed E-state index contributed by atoms with van der Waals surface area (Å²) in [6.45, 7) is 2.12. The highest BCUT2D eigenvalue weighted by Crippen LogP contribution is 2.46. The molecule has 0 atom stereocenters. The number of esters is 1. The molecule has 29 heavy (non-hydrogen) atoms. The monoisotopic (exact) mass is 418 g/mol. The maximum Gasteiger partial charge on any atom is 0.341 e. The van der Waals surface area contributed by atoms with Gasteiger partial charge in [0.15, 0.2) is 11.5 Å². The summed E-state index contributed by atoms with van der Waals surface area (Å²) in [5.74, 6) is -0.869. The molecule has 0 unspecified atom stereocenters. The first-order valence-electron chi connectivity index (χ1n) is 9.14. The second kappa shape index (κ2) is 8.65. The molecule has 1 aromatic heterocycles. The number of hydrogen-bond donors (Lipinski definition) is 0. The van der Waals surface area contributed by atoms with Crippen LogP contribution in [-0.2, 0) is 14.3 Å². The van der Waals surface area contributed by atoms with E-state index in [1.807, 2.05) is 0 Å². The van der Waals surface area contributed by atoms with E-state index in [0.29, 0.717) is 16.7 Å². The van der Waals surface area contributed by atoms with Crippen LogP contribution in [0, 0.1) is 5.92 Å². The average Bonchev–Trinajstić information content (AvgIpc) is 3.52. The number of rotatable bonds is 9. The molecule has 0 radical (unpaired) electrons. The third-order valence-corrected chi connectivity index (χ3v) is 5.75. The molecule has 2 aromatic rings. The Bertz CT molecular complexity index is 998. The second-order valence-corrected chi connectivity index (χ2v) is 7.48. The van der Waals surface area contributed by atoms with Gasteiger partial charge in [-0.2, -0.15) is 0 Å². The Morgan fingerprint density at radius 1 is 1.10 bits per heavy atom. The average molecular weight is 418 g/mol. The van der Waals surface area contributed by atoms with Gasteiger partial charge in [-0.1, -0.05) is 0 Å². The number of thiophene rings is 1. The van der Waals surface area contributed by atoms with E-state index in [2.05, 4.69) is 0 Å². The quantitative estimate of drug-likeness (QED) is 0.153. The summed E-state index contributed by atoms with van der Waals surface area (Å²) in [6, 6.07) is 3.27. The highest BCUT2D eigenvalue weighted by molar-refractivity contribution is 7.21. The summed E-state index contributed by atoms with van der Waals surface area (Å²) in [4.78, 5) is 38.3. The molecule has 0 amide bonds. The largest absolute Gasteiger partial charge is 0.501 e. The Kier molecular flexibility index (Phi) is 6.22. The van der Waals surface area contributed by atoms with Crippen LogP contribution in [0.15, 0.2) is 24.0 Å². The number of benzene rings is 1. The molecule has 3 rings (SSSR count). The molecule has 1 aliphatic carbocycles. The lowest BCUT2D eigenvalue weighted by molar-refractivity contribution is -0.116. The van der Waals surface area contributed by atoms with E-state index in [9.17, 15) is 14.4 Å². The van der Waals surface area contributed by atoms with E-state index in [0.717, 1.165) is 12.8 Å². The molecule has 0 aliphatic heterocycles. The third kappa shape index (κ3) is 3.85. The van der Waals surface area contributed by atoms with Crippen LogP contribution >= 0.6 is 11.3 Å². The van der Waals surface area contributed by atoms with Crippen LogP contribution in [0.25, 0.3) is 10.1 Å². The Morgan fingerprint density at radius 3 is 2.34 bits per heavy atom. The Labute approximate surface area is 172 Å². The van der Waals surface area contributed by atoms with Crippen LogP contribution < -0.4 is 9.47 Å². The summed E-state index contributed by atoms with van der Waals surface area (Å²) < 4.78 is 21.7. The van der Waals surface area contributed by atoms with Crippen molar-refractivity contribution in [1.82, 2.24) is 0 Å². The van der Waals surface area contributed by atoms with Crippen LogP contribution in [0.1, 0.15) is 39.8 Å². The molecular weight excluding hydrogens is 396 g/mol. The minimum Gasteiger partial charge on any atom is -0.501 e. The van der Waals surface area contributed by atoms with Crippen molar-refractivity contribution in [1.29, 1.82) is 0 Å². The Morgan fingerprint density at radius 2 is 1.79 bits per heavy atom. The van der Waals surface area contributed by atoms with Crippen LogP contribution in [0.2, 0.25) is 0 Å². The molecule has 1 aromatic carbocycles. The third-order valence-electron chi connectivity index (χ3n) is 4.61. The Balaban J connectivity index is 2.17. The predicted molar refractivity (Wildman–Crippen MR) is 108 cm³/mol. The van der Waals surface area contributed by atoms with Crippen LogP contribution in [0.5, 0.6) is 11.5 Å². The van der Waals surface area contributed by atoms with E-state index in [4.69, 9.17) is 18.9 Å². The van der Waals surface area contributed by atoms with Gasteiger partial charge in [-0.3, -0.25) is 9.59 Å². The number of carbonyl (C=O) groups excluding carboxylic acids is 3. The van der Waals surface area contributed by atoms with Gasteiger partial charge < -0.3 is 18.9 Å². The number of methoxy groups -OCH3 is 3. The molecule has 8 heteroatoms. The first kappa shape index (κ1) is 20.9. The molecule has 1 saturated carbocycles. The summed E-state index contributed by atoms with van der Waals surface area (Å²) >= 11 is 1.17. The van der Waals surface area contributed by atoms with E-state index in [1.54, 1.807) is 19.1 Å². The zero-order valence-electron chi connectivity index (χ0n) is 16.7. The molecule has 7 nitrogen and oxygen atoms in total. The second-order valence-electron chi connectivity index (χ2n) is 6.43. The zero-order chi connectivity index (χ0) is 21.1. The normalized spacial score (nSPS) is 13.9. The fourth-order valence-electron chi connectivity index (χ4n) is 3.04. The maximum atomic E-state index is 13.3. The van der Waals surface area contributed by atoms with Crippen molar-refractivity contribution < 1.29 is 33.3 Å². The van der Waals surface area contributed by atoms with Crippen molar-refractivity contribution >= 4 is 39.0 Å². The van der Waals surface area contributed by atoms with E-state index < -0.39 is 11.8 Å². The number of allylic oxidation sites excluding steroid dienone is 1. The molecule has 1 fully saturated rings. The fraction of sp³-hybridized carbons (Fsp3) is 0.381. The minimum absolute atomic E-state index is 0.00589. The van der Waals surface area contributed by atoms with Crippen molar-refractivity contribution in [3.8, 4) is 11.5 Å². The standard InChI is InChI=1S/C21H22O7S/c1-5-28-10-13(16(22)11-6-7-11)17(23)20-19(26-3)15-14(29-20)9-8-12(18(15)25-2)21(24)27-4/h8-11H,5-7H2,1-4H3/b13-10-. The van der Waals surface area contributed by atoms with E-state index in [1.165, 1.54) is 38.9 Å². The number of hydrogen-bond acceptors (Lipinski definition) is 8. The fourth-order valence-corrected chi connectivity index (χ4v) is 4.16. The van der Waals surface area contributed by atoms with Crippen molar-refractivity contribution in [3.63, 3.8) is 0 Å². The molecule has 0 N–H and O–H groups in total. The summed E-state index contributed by atoms with van der Waals surface area (Å²) in [5.41, 5.74) is 0.225. The predicted octanol–water partition coefficient (Wildman–Crippen LogP) is 3.79. The molecule has 1 heterocycles. The molecular formula is C21H22O7S. The lowest BCUT2D eigenvalue weighted by Crippen LogP contribution is -2.15. The van der Waals surface area contributed by atoms with E-state index in [-0.39, 0.29) is 39.2 Å². The summed E-state index contributed by atoms with van der Waals surface area (Å²) in [6.07, 6.45) is 2.79. The van der Waals surface area contributed by atoms with Gasteiger partial charge in [0.05, 0.1) is 39.6 Å². The number of fused-ring (bicyclic) bond motifs is 1. The lowest BCUT2D eigenvalue weighted by Gasteiger charge is -2.10. The van der Waals surface area contributed by atoms with Gasteiger partial charge in [0.1, 0.15) is 21.8 Å². The van der Waals surface area contributed by atoms with E-state index >= 15 is 0 Å². The van der Waals surface area contributed by atoms with Crippen LogP contribution in [0.4, 0.5) is 0 Å². The smallest absolute Gasteiger partial charge is 0.341 e. The molecule has 1 aliphatic rings. The first-order valence-corrected chi connectivity index (χ1v) is 9.96.